The molecular formula is C15H10Cl3NOS. The summed E-state index contributed by atoms with van der Waals surface area (Å²) in [4.78, 5) is 1.04. The van der Waals surface area contributed by atoms with Crippen molar-refractivity contribution in [3.05, 3.63) is 73.7 Å². The molecule has 1 atom stereocenters. The molecule has 0 spiro atoms. The van der Waals surface area contributed by atoms with E-state index in [2.05, 4.69) is 5.32 Å². The van der Waals surface area contributed by atoms with Crippen LogP contribution in [0.2, 0.25) is 14.4 Å². The Morgan fingerprint density at radius 3 is 2.52 bits per heavy atom. The first kappa shape index (κ1) is 14.8. The normalized spacial score (nSPS) is 12.3. The minimum atomic E-state index is -0.156. The molecule has 2 aromatic heterocycles. The molecule has 0 saturated heterocycles. The van der Waals surface area contributed by atoms with Gasteiger partial charge < -0.3 is 9.73 Å². The van der Waals surface area contributed by atoms with Crippen molar-refractivity contribution in [2.45, 2.75) is 6.04 Å². The number of hydrogen-bond acceptors (Lipinski definition) is 3. The topological polar surface area (TPSA) is 25.2 Å². The summed E-state index contributed by atoms with van der Waals surface area (Å²) in [7, 11) is 0. The van der Waals surface area contributed by atoms with Crippen molar-refractivity contribution in [1.29, 1.82) is 0 Å². The number of anilines is 1. The summed E-state index contributed by atoms with van der Waals surface area (Å²) in [5.74, 6) is 0.791. The van der Waals surface area contributed by atoms with Gasteiger partial charge in [-0.3, -0.25) is 0 Å². The molecule has 3 rings (SSSR count). The Labute approximate surface area is 141 Å². The van der Waals surface area contributed by atoms with E-state index in [4.69, 9.17) is 39.2 Å². The van der Waals surface area contributed by atoms with Crippen LogP contribution in [0.15, 0.2) is 53.1 Å². The first-order chi connectivity index (χ1) is 10.1. The van der Waals surface area contributed by atoms with Gasteiger partial charge in [0, 0.05) is 9.90 Å². The molecule has 1 aromatic carbocycles. The molecule has 6 heteroatoms. The van der Waals surface area contributed by atoms with Crippen molar-refractivity contribution in [3.8, 4) is 0 Å². The first-order valence-corrected chi connectivity index (χ1v) is 8.09. The molecule has 1 N–H and O–H groups in total. The van der Waals surface area contributed by atoms with E-state index < -0.39 is 0 Å². The van der Waals surface area contributed by atoms with Crippen LogP contribution in [-0.4, -0.2) is 0 Å². The van der Waals surface area contributed by atoms with Gasteiger partial charge in [0.25, 0.3) is 0 Å². The molecule has 21 heavy (non-hydrogen) atoms. The fourth-order valence-electron chi connectivity index (χ4n) is 1.98. The lowest BCUT2D eigenvalue weighted by molar-refractivity contribution is 0.501. The van der Waals surface area contributed by atoms with Crippen molar-refractivity contribution in [2.24, 2.45) is 0 Å². The van der Waals surface area contributed by atoms with Crippen molar-refractivity contribution < 1.29 is 4.42 Å². The van der Waals surface area contributed by atoms with Gasteiger partial charge in [-0.05, 0) is 42.5 Å². The second-order valence-corrected chi connectivity index (χ2v) is 6.95. The van der Waals surface area contributed by atoms with E-state index in [9.17, 15) is 0 Å². The van der Waals surface area contributed by atoms with Crippen LogP contribution < -0.4 is 5.32 Å². The van der Waals surface area contributed by atoms with E-state index >= 15 is 0 Å². The van der Waals surface area contributed by atoms with E-state index in [1.807, 2.05) is 30.3 Å². The zero-order chi connectivity index (χ0) is 14.8. The fourth-order valence-corrected chi connectivity index (χ4v) is 3.57. The van der Waals surface area contributed by atoms with Crippen molar-refractivity contribution in [3.63, 3.8) is 0 Å². The second-order valence-electron chi connectivity index (χ2n) is 4.36. The predicted octanol–water partition coefficient (Wildman–Crippen LogP) is 6.50. The predicted molar refractivity (Wildman–Crippen MR) is 90.0 cm³/mol. The third-order valence-electron chi connectivity index (χ3n) is 2.94. The number of rotatable bonds is 4. The highest BCUT2D eigenvalue weighted by Gasteiger charge is 2.20. The first-order valence-electron chi connectivity index (χ1n) is 6.14. The van der Waals surface area contributed by atoms with E-state index in [1.54, 1.807) is 18.4 Å². The summed E-state index contributed by atoms with van der Waals surface area (Å²) in [5.41, 5.74) is 0.784. The van der Waals surface area contributed by atoms with Gasteiger partial charge in [0.2, 0.25) is 0 Å². The second kappa shape index (κ2) is 6.32. The maximum absolute atomic E-state index is 6.23. The molecule has 0 radical (unpaired) electrons. The number of furan rings is 1. The molecule has 108 valence electrons. The van der Waals surface area contributed by atoms with E-state index in [0.29, 0.717) is 10.0 Å². The van der Waals surface area contributed by atoms with Gasteiger partial charge >= 0.3 is 0 Å². The van der Waals surface area contributed by atoms with Crippen LogP contribution in [0, 0.1) is 0 Å². The average molecular weight is 359 g/mol. The quantitative estimate of drug-likeness (QED) is 0.575. The Morgan fingerprint density at radius 1 is 1.05 bits per heavy atom. The number of halogens is 3. The molecule has 0 bridgehead atoms. The molecule has 0 aliphatic carbocycles. The van der Waals surface area contributed by atoms with Gasteiger partial charge in [-0.25, -0.2) is 0 Å². The Kier molecular flexibility index (Phi) is 4.45. The summed E-state index contributed by atoms with van der Waals surface area (Å²) < 4.78 is 6.25. The highest BCUT2D eigenvalue weighted by molar-refractivity contribution is 7.16. The molecule has 0 amide bonds. The molecule has 3 aromatic rings. The Bertz CT molecular complexity index is 739. The van der Waals surface area contributed by atoms with Gasteiger partial charge in [0.1, 0.15) is 11.8 Å². The Balaban J connectivity index is 1.96. The molecule has 0 saturated carbocycles. The van der Waals surface area contributed by atoms with Gasteiger partial charge in [-0.2, -0.15) is 0 Å². The number of hydrogen-bond donors (Lipinski definition) is 1. The van der Waals surface area contributed by atoms with Crippen LogP contribution >= 0.6 is 46.1 Å². The van der Waals surface area contributed by atoms with Crippen molar-refractivity contribution >= 4 is 51.8 Å². The summed E-state index contributed by atoms with van der Waals surface area (Å²) in [6.07, 6.45) is 1.64. The SMILES string of the molecule is Clc1ccc(NC(c2ccco2)c2ccc(Cl)s2)c(Cl)c1. The summed E-state index contributed by atoms with van der Waals surface area (Å²) in [5, 5.41) is 4.53. The van der Waals surface area contributed by atoms with Crippen LogP contribution in [0.1, 0.15) is 16.7 Å². The molecule has 0 aliphatic rings. The minimum absolute atomic E-state index is 0.156. The van der Waals surface area contributed by atoms with Crippen LogP contribution in [-0.2, 0) is 0 Å². The highest BCUT2D eigenvalue weighted by atomic mass is 35.5. The summed E-state index contributed by atoms with van der Waals surface area (Å²) in [6, 6.07) is 12.8. The highest BCUT2D eigenvalue weighted by Crippen LogP contribution is 2.36. The van der Waals surface area contributed by atoms with E-state index in [1.165, 1.54) is 11.3 Å². The lowest BCUT2D eigenvalue weighted by Crippen LogP contribution is -2.10. The molecule has 0 aliphatic heterocycles. The number of nitrogens with one attached hydrogen (secondary N) is 1. The van der Waals surface area contributed by atoms with Gasteiger partial charge in [0.05, 0.1) is 21.3 Å². The lowest BCUT2D eigenvalue weighted by atomic mass is 10.1. The standard InChI is InChI=1S/C15H10Cl3NOS/c16-9-3-4-11(10(17)8-9)19-15(12-2-1-7-20-12)13-5-6-14(18)21-13/h1-8,15,19H. The number of thiophene rings is 1. The molecule has 2 heterocycles. The summed E-state index contributed by atoms with van der Waals surface area (Å²) in [6.45, 7) is 0. The monoisotopic (exact) mass is 357 g/mol. The third-order valence-corrected chi connectivity index (χ3v) is 4.78. The van der Waals surface area contributed by atoms with E-state index in [-0.39, 0.29) is 6.04 Å². The average Bonchev–Trinajstić information content (AvgIpc) is 3.09. The van der Waals surface area contributed by atoms with Crippen LogP contribution in [0.4, 0.5) is 5.69 Å². The van der Waals surface area contributed by atoms with Crippen LogP contribution in [0.25, 0.3) is 0 Å². The lowest BCUT2D eigenvalue weighted by Gasteiger charge is -2.17. The van der Waals surface area contributed by atoms with Crippen LogP contribution in [0.5, 0.6) is 0 Å². The van der Waals surface area contributed by atoms with E-state index in [0.717, 1.165) is 20.7 Å². The molecule has 1 unspecified atom stereocenters. The van der Waals surface area contributed by atoms with Crippen molar-refractivity contribution in [2.75, 3.05) is 5.32 Å². The number of benzene rings is 1. The minimum Gasteiger partial charge on any atom is -0.467 e. The largest absolute Gasteiger partial charge is 0.467 e. The maximum atomic E-state index is 6.23. The maximum Gasteiger partial charge on any atom is 0.131 e. The fraction of sp³-hybridized carbons (Fsp3) is 0.0667. The molecular weight excluding hydrogens is 349 g/mol. The van der Waals surface area contributed by atoms with Crippen LogP contribution in [0.3, 0.4) is 0 Å². The smallest absolute Gasteiger partial charge is 0.131 e. The van der Waals surface area contributed by atoms with Gasteiger partial charge in [0.15, 0.2) is 0 Å². The van der Waals surface area contributed by atoms with Gasteiger partial charge in [-0.15, -0.1) is 11.3 Å². The Hall–Kier alpha value is -1.13. The molecule has 2 nitrogen and oxygen atoms in total. The van der Waals surface area contributed by atoms with Gasteiger partial charge in [-0.1, -0.05) is 34.8 Å². The zero-order valence-electron chi connectivity index (χ0n) is 10.6. The molecule has 0 fully saturated rings. The Morgan fingerprint density at radius 2 is 1.90 bits per heavy atom. The third kappa shape index (κ3) is 3.38. The van der Waals surface area contributed by atoms with Crippen molar-refractivity contribution in [1.82, 2.24) is 0 Å². The summed E-state index contributed by atoms with van der Waals surface area (Å²) >= 11 is 19.7. The zero-order valence-corrected chi connectivity index (χ0v) is 13.7.